The summed E-state index contributed by atoms with van der Waals surface area (Å²) in [4.78, 5) is 0. The highest BCUT2D eigenvalue weighted by Crippen LogP contribution is 2.58. The zero-order valence-electron chi connectivity index (χ0n) is 15.5. The van der Waals surface area contributed by atoms with Gasteiger partial charge in [-0.1, -0.05) is 0 Å². The Kier molecular flexibility index (Phi) is 7.64. The minimum Gasteiger partial charge on any atom is -0.352 e. The molecule has 0 bridgehead atoms. The molecule has 0 rings (SSSR count). The topological polar surface area (TPSA) is 35.5 Å². The Morgan fingerprint density at radius 1 is 0.704 bits per heavy atom. The SMILES string of the molecule is C[Si](C)(C)OP(=O)(CCC(F)(F)C(F)(F)C(F)(F)C(F)(F)F)O[Si](C)(C)C. The second-order valence-electron chi connectivity index (χ2n) is 7.84. The highest BCUT2D eigenvalue weighted by Gasteiger charge is 2.81. The molecule has 0 unspecified atom stereocenters. The molecule has 164 valence electrons. The first-order valence-electron chi connectivity index (χ1n) is 7.58. The molecule has 3 nitrogen and oxygen atoms in total. The summed E-state index contributed by atoms with van der Waals surface area (Å²) in [6.07, 6.45) is -10.6. The van der Waals surface area contributed by atoms with Crippen LogP contribution in [0, 0.1) is 0 Å². The summed E-state index contributed by atoms with van der Waals surface area (Å²) >= 11 is 0. The van der Waals surface area contributed by atoms with Crippen molar-refractivity contribution in [3.05, 3.63) is 0 Å². The van der Waals surface area contributed by atoms with Gasteiger partial charge in [0.2, 0.25) is 0 Å². The zero-order chi connectivity index (χ0) is 22.3. The van der Waals surface area contributed by atoms with Gasteiger partial charge in [-0.05, 0) is 39.3 Å². The van der Waals surface area contributed by atoms with Crippen LogP contribution in [0.15, 0.2) is 0 Å². The molecule has 0 fully saturated rings. The highest BCUT2D eigenvalue weighted by molar-refractivity contribution is 7.57. The molecular formula is C12H22F9O3PSi2. The van der Waals surface area contributed by atoms with Crippen molar-refractivity contribution < 1.29 is 52.5 Å². The summed E-state index contributed by atoms with van der Waals surface area (Å²) in [5.74, 6) is -19.5. The third kappa shape index (κ3) is 7.05. The van der Waals surface area contributed by atoms with Crippen LogP contribution >= 0.6 is 7.60 Å². The van der Waals surface area contributed by atoms with Gasteiger partial charge in [0, 0.05) is 6.42 Å². The maximum absolute atomic E-state index is 13.7. The Labute approximate surface area is 153 Å². The molecule has 0 radical (unpaired) electrons. The molecule has 0 heterocycles. The summed E-state index contributed by atoms with van der Waals surface area (Å²) in [5, 5.41) is 0. The van der Waals surface area contributed by atoms with E-state index in [4.69, 9.17) is 8.43 Å². The molecule has 0 atom stereocenters. The minimum atomic E-state index is -6.98. The summed E-state index contributed by atoms with van der Waals surface area (Å²) in [6, 6.07) is 0. The van der Waals surface area contributed by atoms with Crippen molar-refractivity contribution in [3.63, 3.8) is 0 Å². The van der Waals surface area contributed by atoms with Gasteiger partial charge in [-0.3, -0.25) is 4.57 Å². The van der Waals surface area contributed by atoms with Crippen LogP contribution in [0.25, 0.3) is 0 Å². The van der Waals surface area contributed by atoms with Crippen LogP contribution in [0.5, 0.6) is 0 Å². The van der Waals surface area contributed by atoms with E-state index in [1.165, 1.54) is 39.3 Å². The van der Waals surface area contributed by atoms with Crippen molar-refractivity contribution in [1.82, 2.24) is 0 Å². The summed E-state index contributed by atoms with van der Waals surface area (Å²) in [5.41, 5.74) is 0. The van der Waals surface area contributed by atoms with Crippen LogP contribution in [0.4, 0.5) is 39.5 Å². The number of hydrogen-bond acceptors (Lipinski definition) is 3. The van der Waals surface area contributed by atoms with Crippen molar-refractivity contribution >= 4 is 24.2 Å². The lowest BCUT2D eigenvalue weighted by Crippen LogP contribution is -2.61. The molecule has 0 spiro atoms. The van der Waals surface area contributed by atoms with Gasteiger partial charge in [-0.25, -0.2) is 0 Å². The fraction of sp³-hybridized carbons (Fsp3) is 1.00. The Morgan fingerprint density at radius 3 is 1.30 bits per heavy atom. The second-order valence-corrected chi connectivity index (χ2v) is 19.4. The fourth-order valence-electron chi connectivity index (χ4n) is 1.79. The van der Waals surface area contributed by atoms with Crippen LogP contribution in [0.2, 0.25) is 39.3 Å². The third-order valence-corrected chi connectivity index (χ3v) is 10.1. The Balaban J connectivity index is 5.72. The van der Waals surface area contributed by atoms with Gasteiger partial charge in [0.05, 0.1) is 6.16 Å². The van der Waals surface area contributed by atoms with E-state index in [1.807, 2.05) is 0 Å². The summed E-state index contributed by atoms with van der Waals surface area (Å²) in [6.45, 7) is 8.90. The zero-order valence-corrected chi connectivity index (χ0v) is 18.4. The lowest BCUT2D eigenvalue weighted by molar-refractivity contribution is -0.396. The van der Waals surface area contributed by atoms with E-state index >= 15 is 0 Å². The van der Waals surface area contributed by atoms with E-state index in [2.05, 4.69) is 0 Å². The Bertz CT molecular complexity index is 548. The average molecular weight is 472 g/mol. The molecule has 0 aliphatic rings. The highest BCUT2D eigenvalue weighted by atomic mass is 31.2. The average Bonchev–Trinajstić information content (AvgIpc) is 2.30. The smallest absolute Gasteiger partial charge is 0.352 e. The monoisotopic (exact) mass is 472 g/mol. The van der Waals surface area contributed by atoms with E-state index in [9.17, 15) is 44.1 Å². The van der Waals surface area contributed by atoms with Gasteiger partial charge < -0.3 is 8.43 Å². The number of rotatable bonds is 9. The normalized spacial score (nSPS) is 16.0. The van der Waals surface area contributed by atoms with Gasteiger partial charge in [-0.15, -0.1) is 0 Å². The van der Waals surface area contributed by atoms with E-state index < -0.39 is 60.8 Å². The van der Waals surface area contributed by atoms with Crippen LogP contribution in [-0.2, 0) is 13.0 Å². The van der Waals surface area contributed by atoms with Gasteiger partial charge in [0.1, 0.15) is 0 Å². The van der Waals surface area contributed by atoms with Crippen LogP contribution in [0.3, 0.4) is 0 Å². The van der Waals surface area contributed by atoms with Crippen molar-refractivity contribution in [2.75, 3.05) is 6.16 Å². The van der Waals surface area contributed by atoms with Crippen LogP contribution in [-0.4, -0.2) is 46.7 Å². The maximum atomic E-state index is 13.7. The molecule has 0 N–H and O–H groups in total. The molecule has 0 aromatic heterocycles. The molecule has 0 aliphatic heterocycles. The lowest BCUT2D eigenvalue weighted by Gasteiger charge is -2.35. The molecule has 0 aromatic rings. The first-order valence-corrected chi connectivity index (χ1v) is 16.1. The van der Waals surface area contributed by atoms with Gasteiger partial charge in [0.25, 0.3) is 0 Å². The van der Waals surface area contributed by atoms with Crippen molar-refractivity contribution in [2.45, 2.75) is 69.6 Å². The van der Waals surface area contributed by atoms with Crippen molar-refractivity contribution in [2.24, 2.45) is 0 Å². The van der Waals surface area contributed by atoms with Crippen LogP contribution in [0.1, 0.15) is 6.42 Å². The standard InChI is InChI=1S/C12H22F9O3PSi2/c1-26(2,3)23-25(22,24-27(4,5)6)8-7-9(13,14)10(15,16)11(17,18)12(19,20)21/h7-8H2,1-6H3. The van der Waals surface area contributed by atoms with Crippen molar-refractivity contribution in [3.8, 4) is 0 Å². The van der Waals surface area contributed by atoms with E-state index in [1.54, 1.807) is 0 Å². The van der Waals surface area contributed by atoms with Crippen LogP contribution < -0.4 is 0 Å². The molecular weight excluding hydrogens is 450 g/mol. The predicted molar refractivity (Wildman–Crippen MR) is 86.8 cm³/mol. The first kappa shape index (κ1) is 27.0. The second kappa shape index (κ2) is 7.65. The lowest BCUT2D eigenvalue weighted by atomic mass is 10.0. The van der Waals surface area contributed by atoms with E-state index in [-0.39, 0.29) is 0 Å². The van der Waals surface area contributed by atoms with Crippen molar-refractivity contribution in [1.29, 1.82) is 0 Å². The number of halogens is 9. The predicted octanol–water partition coefficient (Wildman–Crippen LogP) is 6.74. The maximum Gasteiger partial charge on any atom is 0.460 e. The van der Waals surface area contributed by atoms with Gasteiger partial charge >= 0.3 is 31.5 Å². The Morgan fingerprint density at radius 2 is 1.04 bits per heavy atom. The molecule has 0 aliphatic carbocycles. The largest absolute Gasteiger partial charge is 0.460 e. The Hall–Kier alpha value is -0.0462. The fourth-order valence-corrected chi connectivity index (χ4v) is 10.2. The van der Waals surface area contributed by atoms with E-state index in [0.717, 1.165) is 0 Å². The third-order valence-electron chi connectivity index (χ3n) is 2.74. The summed E-state index contributed by atoms with van der Waals surface area (Å²) in [7, 11) is -9.89. The van der Waals surface area contributed by atoms with Gasteiger partial charge in [-0.2, -0.15) is 39.5 Å². The molecule has 0 saturated heterocycles. The molecule has 0 amide bonds. The van der Waals surface area contributed by atoms with E-state index in [0.29, 0.717) is 0 Å². The van der Waals surface area contributed by atoms with Gasteiger partial charge in [0.15, 0.2) is 16.6 Å². The molecule has 0 saturated carbocycles. The molecule has 27 heavy (non-hydrogen) atoms. The number of alkyl halides is 9. The minimum absolute atomic E-state index is 1.43. The summed E-state index contributed by atoms with van der Waals surface area (Å²) < 4.78 is 139. The number of hydrogen-bond donors (Lipinski definition) is 0. The quantitative estimate of drug-likeness (QED) is 0.212. The molecule has 15 heteroatoms. The molecule has 0 aromatic carbocycles. The first-order chi connectivity index (χ1) is 11.4.